The van der Waals surface area contributed by atoms with Crippen molar-refractivity contribution in [2.24, 2.45) is 5.41 Å². The predicted octanol–water partition coefficient (Wildman–Crippen LogP) is 1.37. The highest BCUT2D eigenvalue weighted by Crippen LogP contribution is 2.35. The van der Waals surface area contributed by atoms with Crippen molar-refractivity contribution in [1.82, 2.24) is 15.1 Å². The summed E-state index contributed by atoms with van der Waals surface area (Å²) < 4.78 is 0. The molecule has 0 spiro atoms. The fourth-order valence-corrected chi connectivity index (χ4v) is 3.50. The Hall–Kier alpha value is -1.30. The van der Waals surface area contributed by atoms with E-state index < -0.39 is 11.4 Å². The topological polar surface area (TPSA) is 72.9 Å². The summed E-state index contributed by atoms with van der Waals surface area (Å²) in [5.74, 6) is -0.773. The number of hydrogen-bond donors (Lipinski definition) is 2. The minimum absolute atomic E-state index is 0.0148. The standard InChI is InChI=1S/C15H27N3O3/c1-3-15(13(19)20)7-10-17(11-15)14(21)18(4-2)12-5-8-16-9-6-12/h12,16H,3-11H2,1-2H3,(H,19,20). The monoisotopic (exact) mass is 297 g/mol. The number of amides is 2. The van der Waals surface area contributed by atoms with Crippen LogP contribution < -0.4 is 5.32 Å². The van der Waals surface area contributed by atoms with Crippen molar-refractivity contribution in [3.63, 3.8) is 0 Å². The lowest BCUT2D eigenvalue weighted by atomic mass is 9.84. The Morgan fingerprint density at radius 1 is 1.33 bits per heavy atom. The molecule has 6 heteroatoms. The van der Waals surface area contributed by atoms with Gasteiger partial charge in [-0.3, -0.25) is 4.79 Å². The van der Waals surface area contributed by atoms with Crippen molar-refractivity contribution in [2.45, 2.75) is 45.6 Å². The average Bonchev–Trinajstić information content (AvgIpc) is 2.95. The zero-order valence-electron chi connectivity index (χ0n) is 13.1. The molecule has 2 saturated heterocycles. The van der Waals surface area contributed by atoms with Gasteiger partial charge in [-0.25, -0.2) is 4.79 Å². The molecular formula is C15H27N3O3. The molecule has 120 valence electrons. The van der Waals surface area contributed by atoms with Crippen LogP contribution in [0.1, 0.15) is 39.5 Å². The fourth-order valence-electron chi connectivity index (χ4n) is 3.50. The van der Waals surface area contributed by atoms with Gasteiger partial charge in [0.25, 0.3) is 0 Å². The van der Waals surface area contributed by atoms with E-state index in [0.717, 1.165) is 25.9 Å². The molecule has 0 aromatic rings. The Balaban J connectivity index is 2.03. The van der Waals surface area contributed by atoms with Gasteiger partial charge in [0.1, 0.15) is 0 Å². The molecule has 2 aliphatic heterocycles. The second-order valence-corrected chi connectivity index (χ2v) is 6.16. The molecule has 21 heavy (non-hydrogen) atoms. The summed E-state index contributed by atoms with van der Waals surface area (Å²) in [6, 6.07) is 0.297. The Labute approximate surface area is 126 Å². The third-order valence-electron chi connectivity index (χ3n) is 5.09. The first-order chi connectivity index (χ1) is 10.0. The summed E-state index contributed by atoms with van der Waals surface area (Å²) in [4.78, 5) is 27.9. The van der Waals surface area contributed by atoms with E-state index in [1.807, 2.05) is 18.7 Å². The van der Waals surface area contributed by atoms with Crippen LogP contribution in [0.15, 0.2) is 0 Å². The molecule has 2 rings (SSSR count). The molecular weight excluding hydrogens is 270 g/mol. The molecule has 0 aromatic carbocycles. The van der Waals surface area contributed by atoms with Gasteiger partial charge >= 0.3 is 12.0 Å². The van der Waals surface area contributed by atoms with Gasteiger partial charge in [0, 0.05) is 25.7 Å². The zero-order valence-corrected chi connectivity index (χ0v) is 13.1. The van der Waals surface area contributed by atoms with E-state index in [0.29, 0.717) is 32.5 Å². The summed E-state index contributed by atoms with van der Waals surface area (Å²) in [6.45, 7) is 7.38. The number of carbonyl (C=O) groups is 2. The predicted molar refractivity (Wildman–Crippen MR) is 80.2 cm³/mol. The first-order valence-corrected chi connectivity index (χ1v) is 8.03. The van der Waals surface area contributed by atoms with Gasteiger partial charge in [-0.15, -0.1) is 0 Å². The first-order valence-electron chi connectivity index (χ1n) is 8.03. The van der Waals surface area contributed by atoms with E-state index in [1.165, 1.54) is 0 Å². The number of hydrogen-bond acceptors (Lipinski definition) is 3. The maximum Gasteiger partial charge on any atom is 0.320 e. The van der Waals surface area contributed by atoms with Crippen LogP contribution in [0.4, 0.5) is 4.79 Å². The van der Waals surface area contributed by atoms with Gasteiger partial charge in [-0.05, 0) is 45.7 Å². The van der Waals surface area contributed by atoms with Crippen LogP contribution in [0.25, 0.3) is 0 Å². The number of aliphatic carboxylic acids is 1. The lowest BCUT2D eigenvalue weighted by molar-refractivity contribution is -0.148. The third-order valence-corrected chi connectivity index (χ3v) is 5.09. The van der Waals surface area contributed by atoms with Crippen LogP contribution in [0.3, 0.4) is 0 Å². The largest absolute Gasteiger partial charge is 0.481 e. The Bertz CT molecular complexity index is 396. The number of carboxylic acid groups (broad SMARTS) is 1. The highest BCUT2D eigenvalue weighted by molar-refractivity contribution is 5.80. The molecule has 0 bridgehead atoms. The van der Waals surface area contributed by atoms with Gasteiger partial charge in [0.2, 0.25) is 0 Å². The quantitative estimate of drug-likeness (QED) is 0.822. The molecule has 0 radical (unpaired) electrons. The molecule has 2 N–H and O–H groups in total. The number of carboxylic acids is 1. The highest BCUT2D eigenvalue weighted by atomic mass is 16.4. The Kier molecular flexibility index (Phi) is 5.08. The fraction of sp³-hybridized carbons (Fsp3) is 0.867. The summed E-state index contributed by atoms with van der Waals surface area (Å²) in [6.07, 6.45) is 3.09. The van der Waals surface area contributed by atoms with Crippen LogP contribution >= 0.6 is 0 Å². The molecule has 2 heterocycles. The van der Waals surface area contributed by atoms with Crippen LogP contribution in [0, 0.1) is 5.41 Å². The maximum atomic E-state index is 12.7. The number of likely N-dealkylation sites (tertiary alicyclic amines) is 1. The molecule has 2 aliphatic rings. The number of piperidine rings is 1. The summed E-state index contributed by atoms with van der Waals surface area (Å²) in [7, 11) is 0. The minimum atomic E-state index is -0.773. The minimum Gasteiger partial charge on any atom is -0.481 e. The Morgan fingerprint density at radius 3 is 2.48 bits per heavy atom. The molecule has 1 unspecified atom stereocenters. The van der Waals surface area contributed by atoms with Crippen molar-refractivity contribution in [3.8, 4) is 0 Å². The summed E-state index contributed by atoms with van der Waals surface area (Å²) in [5.41, 5.74) is -0.747. The number of rotatable bonds is 4. The lowest BCUT2D eigenvalue weighted by Gasteiger charge is -2.36. The second-order valence-electron chi connectivity index (χ2n) is 6.16. The number of carbonyl (C=O) groups excluding carboxylic acids is 1. The average molecular weight is 297 g/mol. The van der Waals surface area contributed by atoms with Crippen molar-refractivity contribution >= 4 is 12.0 Å². The molecule has 2 fully saturated rings. The van der Waals surface area contributed by atoms with E-state index >= 15 is 0 Å². The van der Waals surface area contributed by atoms with Crippen molar-refractivity contribution in [2.75, 3.05) is 32.7 Å². The molecule has 0 aromatic heterocycles. The van der Waals surface area contributed by atoms with E-state index in [-0.39, 0.29) is 12.1 Å². The smallest absolute Gasteiger partial charge is 0.320 e. The van der Waals surface area contributed by atoms with Crippen LogP contribution in [-0.4, -0.2) is 65.7 Å². The third kappa shape index (κ3) is 3.15. The van der Waals surface area contributed by atoms with Crippen LogP contribution in [-0.2, 0) is 4.79 Å². The number of nitrogens with zero attached hydrogens (tertiary/aromatic N) is 2. The van der Waals surface area contributed by atoms with E-state index in [9.17, 15) is 14.7 Å². The van der Waals surface area contributed by atoms with Crippen molar-refractivity contribution < 1.29 is 14.7 Å². The molecule has 0 saturated carbocycles. The molecule has 1 atom stereocenters. The highest BCUT2D eigenvalue weighted by Gasteiger charge is 2.45. The van der Waals surface area contributed by atoms with Gasteiger partial charge in [0.05, 0.1) is 5.41 Å². The molecule has 2 amide bonds. The van der Waals surface area contributed by atoms with Crippen LogP contribution in [0.5, 0.6) is 0 Å². The van der Waals surface area contributed by atoms with Crippen LogP contribution in [0.2, 0.25) is 0 Å². The first kappa shape index (κ1) is 16.1. The zero-order chi connectivity index (χ0) is 15.5. The number of urea groups is 1. The van der Waals surface area contributed by atoms with Gasteiger partial charge < -0.3 is 20.2 Å². The second kappa shape index (κ2) is 6.64. The summed E-state index contributed by atoms with van der Waals surface area (Å²) in [5, 5.41) is 12.8. The molecule has 0 aliphatic carbocycles. The summed E-state index contributed by atoms with van der Waals surface area (Å²) >= 11 is 0. The van der Waals surface area contributed by atoms with Gasteiger partial charge in [0.15, 0.2) is 0 Å². The van der Waals surface area contributed by atoms with E-state index in [4.69, 9.17) is 0 Å². The lowest BCUT2D eigenvalue weighted by Crippen LogP contribution is -2.51. The van der Waals surface area contributed by atoms with E-state index in [2.05, 4.69) is 5.32 Å². The molecule has 6 nitrogen and oxygen atoms in total. The van der Waals surface area contributed by atoms with E-state index in [1.54, 1.807) is 4.90 Å². The number of nitrogens with one attached hydrogen (secondary N) is 1. The van der Waals surface area contributed by atoms with Crippen molar-refractivity contribution in [1.29, 1.82) is 0 Å². The van der Waals surface area contributed by atoms with Crippen molar-refractivity contribution in [3.05, 3.63) is 0 Å². The Morgan fingerprint density at radius 2 is 2.00 bits per heavy atom. The maximum absolute atomic E-state index is 12.7. The normalized spacial score (nSPS) is 26.9. The van der Waals surface area contributed by atoms with Gasteiger partial charge in [-0.1, -0.05) is 6.92 Å². The SMILES string of the molecule is CCN(C(=O)N1CCC(CC)(C(=O)O)C1)C1CCNCC1. The van der Waals surface area contributed by atoms with Gasteiger partial charge in [-0.2, -0.15) is 0 Å².